The van der Waals surface area contributed by atoms with Crippen molar-refractivity contribution in [1.29, 1.82) is 0 Å². The highest BCUT2D eigenvalue weighted by molar-refractivity contribution is 7.80. The number of carbonyl (C=O) groups is 2. The molecule has 15 heavy (non-hydrogen) atoms. The Labute approximate surface area is 93.4 Å². The van der Waals surface area contributed by atoms with E-state index in [9.17, 15) is 9.59 Å². The van der Waals surface area contributed by atoms with Crippen LogP contribution in [0.25, 0.3) is 0 Å². The maximum absolute atomic E-state index is 11.7. The van der Waals surface area contributed by atoms with Gasteiger partial charge in [-0.3, -0.25) is 14.5 Å². The van der Waals surface area contributed by atoms with Crippen LogP contribution >= 0.6 is 12.2 Å². The summed E-state index contributed by atoms with van der Waals surface area (Å²) in [5.41, 5.74) is 0. The van der Waals surface area contributed by atoms with Crippen LogP contribution in [-0.2, 0) is 9.59 Å². The van der Waals surface area contributed by atoms with Gasteiger partial charge in [-0.05, 0) is 25.1 Å². The van der Waals surface area contributed by atoms with Crippen LogP contribution in [0, 0.1) is 0 Å². The number of nitrogens with one attached hydrogen (secondary N) is 1. The van der Waals surface area contributed by atoms with Crippen LogP contribution in [0.15, 0.2) is 0 Å². The van der Waals surface area contributed by atoms with E-state index < -0.39 is 12.0 Å². The van der Waals surface area contributed by atoms with Crippen molar-refractivity contribution >= 4 is 29.2 Å². The molecule has 1 atom stereocenters. The zero-order valence-corrected chi connectivity index (χ0v) is 9.34. The summed E-state index contributed by atoms with van der Waals surface area (Å²) < 4.78 is 0. The van der Waals surface area contributed by atoms with Crippen molar-refractivity contribution < 1.29 is 14.7 Å². The molecule has 0 unspecified atom stereocenters. The highest BCUT2D eigenvalue weighted by atomic mass is 32.1. The molecule has 2 N–H and O–H groups in total. The molecule has 0 aromatic rings. The topological polar surface area (TPSA) is 69.6 Å². The van der Waals surface area contributed by atoms with Crippen LogP contribution in [-0.4, -0.2) is 39.6 Å². The smallest absolute Gasteiger partial charge is 0.303 e. The second kappa shape index (κ2) is 5.06. The van der Waals surface area contributed by atoms with Crippen molar-refractivity contribution in [3.63, 3.8) is 0 Å². The predicted octanol–water partition coefficient (Wildman–Crippen LogP) is 0.346. The van der Waals surface area contributed by atoms with Gasteiger partial charge in [0, 0.05) is 13.0 Å². The van der Waals surface area contributed by atoms with Gasteiger partial charge in [-0.2, -0.15) is 0 Å². The number of hydrogen-bond acceptors (Lipinski definition) is 3. The van der Waals surface area contributed by atoms with Crippen molar-refractivity contribution in [2.24, 2.45) is 0 Å². The molecule has 1 fully saturated rings. The largest absolute Gasteiger partial charge is 0.481 e. The summed E-state index contributed by atoms with van der Waals surface area (Å²) in [5, 5.41) is 11.8. The van der Waals surface area contributed by atoms with Crippen LogP contribution in [0.1, 0.15) is 26.2 Å². The fourth-order valence-electron chi connectivity index (χ4n) is 1.48. The predicted molar refractivity (Wildman–Crippen MR) is 58.4 cm³/mol. The van der Waals surface area contributed by atoms with E-state index in [0.717, 1.165) is 6.42 Å². The summed E-state index contributed by atoms with van der Waals surface area (Å²) in [5.74, 6) is -1.01. The van der Waals surface area contributed by atoms with Gasteiger partial charge in [-0.25, -0.2) is 0 Å². The number of amides is 1. The Morgan fingerprint density at radius 2 is 2.33 bits per heavy atom. The van der Waals surface area contributed by atoms with E-state index in [0.29, 0.717) is 11.7 Å². The average Bonchev–Trinajstić information content (AvgIpc) is 2.43. The van der Waals surface area contributed by atoms with Crippen LogP contribution in [0.2, 0.25) is 0 Å². The number of carboxylic acid groups (broad SMARTS) is 1. The minimum Gasteiger partial charge on any atom is -0.481 e. The Bertz CT molecular complexity index is 293. The highest BCUT2D eigenvalue weighted by Crippen LogP contribution is 2.11. The summed E-state index contributed by atoms with van der Waals surface area (Å²) in [6, 6.07) is -0.458. The number of thiocarbonyl (C=S) groups is 1. The summed E-state index contributed by atoms with van der Waals surface area (Å²) >= 11 is 4.99. The number of nitrogens with zero attached hydrogens (tertiary/aromatic N) is 1. The highest BCUT2D eigenvalue weighted by Gasteiger charge is 2.34. The third-order valence-corrected chi connectivity index (χ3v) is 2.54. The van der Waals surface area contributed by atoms with E-state index in [1.54, 1.807) is 0 Å². The van der Waals surface area contributed by atoms with Crippen molar-refractivity contribution in [3.05, 3.63) is 0 Å². The van der Waals surface area contributed by atoms with E-state index in [-0.39, 0.29) is 18.7 Å². The second-order valence-electron chi connectivity index (χ2n) is 3.42. The molecule has 0 aliphatic carbocycles. The Hall–Kier alpha value is -1.17. The molecular weight excluding hydrogens is 216 g/mol. The molecule has 1 heterocycles. The lowest BCUT2D eigenvalue weighted by atomic mass is 10.1. The van der Waals surface area contributed by atoms with Gasteiger partial charge in [0.2, 0.25) is 0 Å². The first-order valence-electron chi connectivity index (χ1n) is 4.90. The first-order chi connectivity index (χ1) is 7.06. The van der Waals surface area contributed by atoms with E-state index >= 15 is 0 Å². The van der Waals surface area contributed by atoms with E-state index in [2.05, 4.69) is 5.32 Å². The summed E-state index contributed by atoms with van der Waals surface area (Å²) in [6.45, 7) is 2.55. The Balaban J connectivity index is 2.53. The third-order valence-electron chi connectivity index (χ3n) is 2.20. The maximum atomic E-state index is 11.7. The fraction of sp³-hybridized carbons (Fsp3) is 0.667. The number of carbonyl (C=O) groups excluding carboxylic acids is 1. The van der Waals surface area contributed by atoms with Gasteiger partial charge in [0.05, 0.1) is 0 Å². The molecule has 0 aromatic heterocycles. The van der Waals surface area contributed by atoms with Gasteiger partial charge < -0.3 is 10.4 Å². The van der Waals surface area contributed by atoms with Gasteiger partial charge in [-0.1, -0.05) is 6.92 Å². The fourth-order valence-corrected chi connectivity index (χ4v) is 1.80. The van der Waals surface area contributed by atoms with E-state index in [4.69, 9.17) is 17.3 Å². The average molecular weight is 230 g/mol. The molecule has 5 nitrogen and oxygen atoms in total. The van der Waals surface area contributed by atoms with Crippen LogP contribution in [0.3, 0.4) is 0 Å². The lowest BCUT2D eigenvalue weighted by molar-refractivity contribution is -0.137. The van der Waals surface area contributed by atoms with E-state index in [1.807, 2.05) is 6.92 Å². The molecule has 0 spiro atoms. The third kappa shape index (κ3) is 2.89. The number of aliphatic carboxylic acids is 1. The standard InChI is InChI=1S/C9H14N2O3S/c1-2-5-11-8(14)6(10-9(11)15)3-4-7(12)13/h6H,2-5H2,1H3,(H,10,15)(H,12,13)/t6-/m1/s1. The van der Waals surface area contributed by atoms with Gasteiger partial charge in [0.15, 0.2) is 5.11 Å². The summed E-state index contributed by atoms with van der Waals surface area (Å²) in [7, 11) is 0. The van der Waals surface area contributed by atoms with Crippen LogP contribution < -0.4 is 5.32 Å². The van der Waals surface area contributed by atoms with Crippen molar-refractivity contribution in [2.75, 3.05) is 6.54 Å². The van der Waals surface area contributed by atoms with Crippen LogP contribution in [0.4, 0.5) is 0 Å². The SMILES string of the molecule is CCCN1C(=O)[C@@H](CCC(=O)O)NC1=S. The molecule has 0 bridgehead atoms. The molecule has 84 valence electrons. The molecule has 1 rings (SSSR count). The summed E-state index contributed by atoms with van der Waals surface area (Å²) in [6.07, 6.45) is 1.10. The first kappa shape index (κ1) is 11.9. The maximum Gasteiger partial charge on any atom is 0.303 e. The van der Waals surface area contributed by atoms with Crippen LogP contribution in [0.5, 0.6) is 0 Å². The minimum atomic E-state index is -0.899. The lowest BCUT2D eigenvalue weighted by Gasteiger charge is -2.12. The Kier molecular flexibility index (Phi) is 4.02. The zero-order chi connectivity index (χ0) is 11.4. The normalized spacial score (nSPS) is 20.6. The van der Waals surface area contributed by atoms with Gasteiger partial charge >= 0.3 is 5.97 Å². The molecule has 1 saturated heterocycles. The molecule has 6 heteroatoms. The molecule has 1 aliphatic heterocycles. The molecule has 1 amide bonds. The van der Waals surface area contributed by atoms with Gasteiger partial charge in [-0.15, -0.1) is 0 Å². The second-order valence-corrected chi connectivity index (χ2v) is 3.81. The van der Waals surface area contributed by atoms with E-state index in [1.165, 1.54) is 4.90 Å². The number of carboxylic acids is 1. The zero-order valence-electron chi connectivity index (χ0n) is 8.52. The Morgan fingerprint density at radius 1 is 1.67 bits per heavy atom. The van der Waals surface area contributed by atoms with Crippen molar-refractivity contribution in [1.82, 2.24) is 10.2 Å². The molecular formula is C9H14N2O3S. The van der Waals surface area contributed by atoms with Gasteiger partial charge in [0.25, 0.3) is 5.91 Å². The number of hydrogen-bond donors (Lipinski definition) is 2. The van der Waals surface area contributed by atoms with Crippen molar-refractivity contribution in [3.8, 4) is 0 Å². The Morgan fingerprint density at radius 3 is 2.87 bits per heavy atom. The molecule has 1 aliphatic rings. The summed E-state index contributed by atoms with van der Waals surface area (Å²) in [4.78, 5) is 23.6. The quantitative estimate of drug-likeness (QED) is 0.667. The monoisotopic (exact) mass is 230 g/mol. The minimum absolute atomic E-state index is 0.0218. The number of rotatable bonds is 5. The molecule has 0 radical (unpaired) electrons. The first-order valence-corrected chi connectivity index (χ1v) is 5.30. The molecule has 0 aromatic carbocycles. The van der Waals surface area contributed by atoms with Crippen molar-refractivity contribution in [2.45, 2.75) is 32.2 Å². The molecule has 0 saturated carbocycles. The van der Waals surface area contributed by atoms with Gasteiger partial charge in [0.1, 0.15) is 6.04 Å². The lowest BCUT2D eigenvalue weighted by Crippen LogP contribution is -2.32.